The first-order chi connectivity index (χ1) is 22.1. The molecule has 4 rings (SSSR count). The summed E-state index contributed by atoms with van der Waals surface area (Å²) in [5.74, 6) is 0.839. The predicted octanol–water partition coefficient (Wildman–Crippen LogP) is 7.84. The summed E-state index contributed by atoms with van der Waals surface area (Å²) in [7, 11) is 0.463. The van der Waals surface area contributed by atoms with Gasteiger partial charge in [-0.2, -0.15) is 5.26 Å². The van der Waals surface area contributed by atoms with Crippen LogP contribution in [0.5, 0.6) is 5.75 Å². The molecule has 252 valence electrons. The highest BCUT2D eigenvalue weighted by Crippen LogP contribution is 2.45. The van der Waals surface area contributed by atoms with Crippen LogP contribution < -0.4 is 4.74 Å². The number of hydrogen-bond donors (Lipinski definition) is 0. The Morgan fingerprint density at radius 3 is 2.26 bits per heavy atom. The lowest BCUT2D eigenvalue weighted by Gasteiger charge is -2.30. The Labute approximate surface area is 281 Å². The molecule has 0 saturated carbocycles. The van der Waals surface area contributed by atoms with Gasteiger partial charge in [0.05, 0.1) is 47.8 Å². The van der Waals surface area contributed by atoms with Gasteiger partial charge in [0, 0.05) is 52.6 Å². The van der Waals surface area contributed by atoms with Crippen LogP contribution in [0.2, 0.25) is 51.4 Å². The molecule has 2 heterocycles. The van der Waals surface area contributed by atoms with Crippen molar-refractivity contribution >= 4 is 44.1 Å². The average Bonchev–Trinajstić information content (AvgIpc) is 3.60. The van der Waals surface area contributed by atoms with Crippen LogP contribution >= 0.6 is 0 Å². The van der Waals surface area contributed by atoms with Gasteiger partial charge >= 0.3 is 5.97 Å². The first-order valence-corrected chi connectivity index (χ1v) is 23.5. The number of nitriles is 1. The number of ether oxygens (including phenoxy) is 4. The van der Waals surface area contributed by atoms with E-state index >= 15 is 0 Å². The van der Waals surface area contributed by atoms with Gasteiger partial charge in [-0.3, -0.25) is 0 Å². The molecule has 47 heavy (non-hydrogen) atoms. The Morgan fingerprint density at radius 1 is 1.00 bits per heavy atom. The van der Waals surface area contributed by atoms with E-state index in [1.807, 2.05) is 42.0 Å². The van der Waals surface area contributed by atoms with Crippen LogP contribution in [0.4, 0.5) is 0 Å². The SMILES string of the molecule is COC(=O)C=CC(C)(c1c(OC)cc(C)c2c1ccn2COCC[Si](C)(C)C)c1nc2ccc(C#N)cc2n1COCC[Si](C)(C)C. The van der Waals surface area contributed by atoms with Gasteiger partial charge in [-0.05, 0) is 61.8 Å². The highest BCUT2D eigenvalue weighted by Gasteiger charge is 2.38. The topological polar surface area (TPSA) is 101 Å². The monoisotopic (exact) mass is 674 g/mol. The first kappa shape index (κ1) is 36.1. The maximum atomic E-state index is 12.6. The largest absolute Gasteiger partial charge is 0.496 e. The maximum Gasteiger partial charge on any atom is 0.330 e. The van der Waals surface area contributed by atoms with Crippen LogP contribution in [0.25, 0.3) is 21.9 Å². The molecular weight excluding hydrogens is 625 g/mol. The van der Waals surface area contributed by atoms with Crippen molar-refractivity contribution in [2.45, 2.75) is 84.1 Å². The zero-order chi connectivity index (χ0) is 34.6. The standard InChI is InChI=1S/C36H50N4O5Si2/c1-26-21-31(42-3)33(28-14-16-39(34(26)28)24-44-17-19-46(5,6)7)36(2,15-13-32(41)43-4)35-38-29-12-11-27(23-37)22-30(29)40(35)25-45-18-20-47(8,9)10/h11-16,21-22H,17-20,24-25H2,1-10H3. The second-order valence-corrected chi connectivity index (χ2v) is 26.0. The van der Waals surface area contributed by atoms with Crippen molar-refractivity contribution in [3.63, 3.8) is 0 Å². The minimum atomic E-state index is -1.33. The van der Waals surface area contributed by atoms with Gasteiger partial charge in [0.15, 0.2) is 0 Å². The number of imidazole rings is 1. The minimum absolute atomic E-state index is 0.232. The van der Waals surface area contributed by atoms with Crippen LogP contribution in [0.3, 0.4) is 0 Å². The molecule has 0 aliphatic rings. The van der Waals surface area contributed by atoms with E-state index in [9.17, 15) is 10.1 Å². The Hall–Kier alpha value is -3.70. The maximum absolute atomic E-state index is 12.6. The summed E-state index contributed by atoms with van der Waals surface area (Å²) in [6, 6.07) is 13.9. The number of carbonyl (C=O) groups excluding carboxylic acids is 1. The molecule has 0 saturated heterocycles. The number of fused-ring (bicyclic) bond motifs is 2. The Morgan fingerprint density at radius 2 is 1.66 bits per heavy atom. The Bertz CT molecular complexity index is 1810. The van der Waals surface area contributed by atoms with Crippen LogP contribution in [-0.4, -0.2) is 63.7 Å². The zero-order valence-electron chi connectivity index (χ0n) is 29.7. The number of aryl methyl sites for hydroxylation is 1. The molecule has 2 aromatic heterocycles. The number of benzene rings is 2. The number of carbonyl (C=O) groups is 1. The molecule has 2 aromatic carbocycles. The van der Waals surface area contributed by atoms with Crippen molar-refractivity contribution in [1.29, 1.82) is 5.26 Å². The molecule has 0 aliphatic heterocycles. The predicted molar refractivity (Wildman–Crippen MR) is 193 cm³/mol. The number of aromatic nitrogens is 3. The molecule has 0 amide bonds. The number of hydrogen-bond acceptors (Lipinski definition) is 7. The van der Waals surface area contributed by atoms with E-state index in [-0.39, 0.29) is 6.73 Å². The van der Waals surface area contributed by atoms with Gasteiger partial charge in [-0.25, -0.2) is 9.78 Å². The number of esters is 1. The summed E-state index contributed by atoms with van der Waals surface area (Å²) in [4.78, 5) is 17.8. The lowest BCUT2D eigenvalue weighted by atomic mass is 9.78. The van der Waals surface area contributed by atoms with E-state index in [1.54, 1.807) is 13.2 Å². The van der Waals surface area contributed by atoms with Gasteiger partial charge in [0.2, 0.25) is 0 Å². The molecule has 4 aromatic rings. The van der Waals surface area contributed by atoms with Gasteiger partial charge < -0.3 is 28.1 Å². The molecule has 0 radical (unpaired) electrons. The quantitative estimate of drug-likeness (QED) is 0.0548. The van der Waals surface area contributed by atoms with Crippen LogP contribution in [0.15, 0.2) is 48.7 Å². The fraction of sp³-hybridized carbons (Fsp3) is 0.472. The highest BCUT2D eigenvalue weighted by atomic mass is 28.3. The van der Waals surface area contributed by atoms with Gasteiger partial charge in [0.1, 0.15) is 25.0 Å². The van der Waals surface area contributed by atoms with E-state index in [2.05, 4.69) is 62.9 Å². The Kier molecular flexibility index (Phi) is 11.2. The second-order valence-electron chi connectivity index (χ2n) is 14.8. The minimum Gasteiger partial charge on any atom is -0.496 e. The molecule has 0 fully saturated rings. The smallest absolute Gasteiger partial charge is 0.330 e. The number of rotatable bonds is 15. The zero-order valence-corrected chi connectivity index (χ0v) is 31.7. The molecule has 0 bridgehead atoms. The summed E-state index contributed by atoms with van der Waals surface area (Å²) < 4.78 is 27.7. The molecular formula is C36H50N4O5Si2. The molecule has 0 aliphatic carbocycles. The van der Waals surface area contributed by atoms with Gasteiger partial charge in [0.25, 0.3) is 0 Å². The molecule has 1 atom stereocenters. The van der Waals surface area contributed by atoms with Crippen molar-refractivity contribution in [2.24, 2.45) is 0 Å². The lowest BCUT2D eigenvalue weighted by molar-refractivity contribution is -0.134. The molecule has 9 nitrogen and oxygen atoms in total. The van der Waals surface area contributed by atoms with Gasteiger partial charge in [-0.1, -0.05) is 45.4 Å². The summed E-state index contributed by atoms with van der Waals surface area (Å²) in [5.41, 5.74) is 3.94. The number of allylic oxidation sites excluding steroid dienone is 1. The molecule has 11 heteroatoms. The van der Waals surface area contributed by atoms with Crippen molar-refractivity contribution in [3.8, 4) is 11.8 Å². The van der Waals surface area contributed by atoms with Crippen LogP contribution in [0.1, 0.15) is 29.4 Å². The third-order valence-corrected chi connectivity index (χ3v) is 11.9. The lowest BCUT2D eigenvalue weighted by Crippen LogP contribution is -2.28. The average molecular weight is 675 g/mol. The van der Waals surface area contributed by atoms with E-state index in [1.165, 1.54) is 13.2 Å². The second kappa shape index (κ2) is 14.6. The third kappa shape index (κ3) is 8.43. The fourth-order valence-electron chi connectivity index (χ4n) is 5.75. The number of nitrogens with zero attached hydrogens (tertiary/aromatic N) is 4. The summed E-state index contributed by atoms with van der Waals surface area (Å²) in [5, 5.41) is 10.7. The van der Waals surface area contributed by atoms with Crippen molar-refractivity contribution in [2.75, 3.05) is 27.4 Å². The Balaban J connectivity index is 1.95. The highest BCUT2D eigenvalue weighted by molar-refractivity contribution is 6.76. The van der Waals surface area contributed by atoms with Gasteiger partial charge in [-0.15, -0.1) is 0 Å². The van der Waals surface area contributed by atoms with E-state index < -0.39 is 27.5 Å². The van der Waals surface area contributed by atoms with E-state index in [4.69, 9.17) is 23.9 Å². The van der Waals surface area contributed by atoms with Crippen molar-refractivity contribution in [3.05, 3.63) is 71.2 Å². The van der Waals surface area contributed by atoms with Crippen LogP contribution in [0, 0.1) is 18.3 Å². The summed E-state index contributed by atoms with van der Waals surface area (Å²) in [6.45, 7) is 20.1. The van der Waals surface area contributed by atoms with Crippen molar-refractivity contribution < 1.29 is 23.7 Å². The normalized spacial score (nSPS) is 13.7. The van der Waals surface area contributed by atoms with Crippen LogP contribution in [-0.2, 0) is 37.9 Å². The van der Waals surface area contributed by atoms with Crippen molar-refractivity contribution in [1.82, 2.24) is 14.1 Å². The van der Waals surface area contributed by atoms with E-state index in [0.29, 0.717) is 37.1 Å². The molecule has 1 unspecified atom stereocenters. The summed E-state index contributed by atoms with van der Waals surface area (Å²) >= 11 is 0. The fourth-order valence-corrected chi connectivity index (χ4v) is 7.27. The third-order valence-electron chi connectivity index (χ3n) is 8.48. The van der Waals surface area contributed by atoms with E-state index in [0.717, 1.165) is 45.2 Å². The molecule has 0 N–H and O–H groups in total. The summed E-state index contributed by atoms with van der Waals surface area (Å²) in [6.07, 6.45) is 5.32. The number of methoxy groups -OCH3 is 2. The molecule has 0 spiro atoms. The first-order valence-electron chi connectivity index (χ1n) is 16.1.